The van der Waals surface area contributed by atoms with Gasteiger partial charge in [0.25, 0.3) is 0 Å². The van der Waals surface area contributed by atoms with Crippen LogP contribution in [0, 0.1) is 0 Å². The van der Waals surface area contributed by atoms with E-state index in [0.717, 1.165) is 32.1 Å². The van der Waals surface area contributed by atoms with Crippen molar-refractivity contribution in [1.29, 1.82) is 0 Å². The van der Waals surface area contributed by atoms with Gasteiger partial charge in [-0.05, 0) is 25.0 Å². The average molecular weight is 254 g/mol. The zero-order valence-electron chi connectivity index (χ0n) is 9.58. The van der Waals surface area contributed by atoms with Gasteiger partial charge in [-0.1, -0.05) is 30.9 Å². The number of halogens is 1. The summed E-state index contributed by atoms with van der Waals surface area (Å²) in [5.41, 5.74) is 6.04. The van der Waals surface area contributed by atoms with Crippen LogP contribution in [0.1, 0.15) is 32.1 Å². The van der Waals surface area contributed by atoms with Gasteiger partial charge in [0, 0.05) is 11.9 Å². The van der Waals surface area contributed by atoms with E-state index in [0.29, 0.717) is 10.8 Å². The average Bonchev–Trinajstić information content (AvgIpc) is 2.30. The van der Waals surface area contributed by atoms with E-state index in [2.05, 4.69) is 10.3 Å². The van der Waals surface area contributed by atoms with Gasteiger partial charge < -0.3 is 11.1 Å². The highest BCUT2D eigenvalue weighted by Crippen LogP contribution is 2.27. The molecule has 1 aromatic rings. The van der Waals surface area contributed by atoms with Crippen LogP contribution >= 0.6 is 11.6 Å². The van der Waals surface area contributed by atoms with Gasteiger partial charge in [0.15, 0.2) is 0 Å². The fourth-order valence-corrected chi connectivity index (χ4v) is 2.32. The number of nitrogens with one attached hydrogen (secondary N) is 1. The first-order chi connectivity index (χ1) is 8.10. The number of carbonyl (C=O) groups excluding carboxylic acids is 1. The van der Waals surface area contributed by atoms with Gasteiger partial charge >= 0.3 is 0 Å². The van der Waals surface area contributed by atoms with Crippen molar-refractivity contribution >= 4 is 23.2 Å². The largest absolute Gasteiger partial charge is 0.324 e. The highest BCUT2D eigenvalue weighted by Gasteiger charge is 2.35. The van der Waals surface area contributed by atoms with Crippen molar-refractivity contribution in [2.24, 2.45) is 5.73 Å². The predicted octanol–water partition coefficient (Wildman–Crippen LogP) is 2.34. The monoisotopic (exact) mass is 253 g/mol. The molecule has 0 aromatic carbocycles. The Bertz CT molecular complexity index is 416. The second-order valence-electron chi connectivity index (χ2n) is 4.54. The lowest BCUT2D eigenvalue weighted by atomic mass is 9.82. The number of hydrogen-bond acceptors (Lipinski definition) is 3. The maximum absolute atomic E-state index is 12.1. The lowest BCUT2D eigenvalue weighted by Gasteiger charge is -2.31. The number of pyridine rings is 1. The van der Waals surface area contributed by atoms with Gasteiger partial charge in [0.2, 0.25) is 5.91 Å². The van der Waals surface area contributed by atoms with Crippen LogP contribution in [0.2, 0.25) is 5.15 Å². The molecule has 0 bridgehead atoms. The number of rotatable bonds is 2. The van der Waals surface area contributed by atoms with Gasteiger partial charge in [0.1, 0.15) is 5.15 Å². The molecule has 1 aliphatic rings. The van der Waals surface area contributed by atoms with Crippen LogP contribution in [0.3, 0.4) is 0 Å². The van der Waals surface area contributed by atoms with Crippen molar-refractivity contribution in [2.45, 2.75) is 37.6 Å². The van der Waals surface area contributed by atoms with E-state index in [1.807, 2.05) is 0 Å². The van der Waals surface area contributed by atoms with Crippen molar-refractivity contribution in [2.75, 3.05) is 5.32 Å². The Hall–Kier alpha value is -1.13. The molecule has 1 aliphatic carbocycles. The molecule has 17 heavy (non-hydrogen) atoms. The molecule has 1 heterocycles. The molecule has 5 heteroatoms. The summed E-state index contributed by atoms with van der Waals surface area (Å²) in [6.45, 7) is 0. The quantitative estimate of drug-likeness (QED) is 0.795. The van der Waals surface area contributed by atoms with E-state index >= 15 is 0 Å². The molecule has 1 fully saturated rings. The number of aromatic nitrogens is 1. The number of hydrogen-bond donors (Lipinski definition) is 2. The highest BCUT2D eigenvalue weighted by atomic mass is 35.5. The molecule has 4 nitrogen and oxygen atoms in total. The van der Waals surface area contributed by atoms with Crippen LogP contribution in [0.5, 0.6) is 0 Å². The normalized spacial score (nSPS) is 18.7. The molecular weight excluding hydrogens is 238 g/mol. The summed E-state index contributed by atoms with van der Waals surface area (Å²) in [7, 11) is 0. The molecule has 0 atom stereocenters. The maximum Gasteiger partial charge on any atom is 0.244 e. The predicted molar refractivity (Wildman–Crippen MR) is 67.9 cm³/mol. The first kappa shape index (κ1) is 12.3. The van der Waals surface area contributed by atoms with Crippen LogP contribution in [-0.4, -0.2) is 16.4 Å². The van der Waals surface area contributed by atoms with E-state index in [-0.39, 0.29) is 5.91 Å². The van der Waals surface area contributed by atoms with Gasteiger partial charge in [0.05, 0.1) is 5.54 Å². The molecule has 1 amide bonds. The minimum Gasteiger partial charge on any atom is -0.324 e. The fourth-order valence-electron chi connectivity index (χ4n) is 2.15. The Kier molecular flexibility index (Phi) is 3.64. The number of nitrogens with two attached hydrogens (primary N) is 1. The molecule has 3 N–H and O–H groups in total. The lowest BCUT2D eigenvalue weighted by Crippen LogP contribution is -2.52. The minimum atomic E-state index is -0.728. The van der Waals surface area contributed by atoms with Crippen LogP contribution in [-0.2, 0) is 4.79 Å². The maximum atomic E-state index is 12.1. The first-order valence-corrected chi connectivity index (χ1v) is 6.20. The summed E-state index contributed by atoms with van der Waals surface area (Å²) in [4.78, 5) is 16.0. The molecule has 2 rings (SSSR count). The molecule has 0 saturated heterocycles. The molecule has 0 spiro atoms. The third-order valence-electron chi connectivity index (χ3n) is 3.18. The highest BCUT2D eigenvalue weighted by molar-refractivity contribution is 6.29. The molecule has 0 radical (unpaired) electrons. The lowest BCUT2D eigenvalue weighted by molar-refractivity contribution is -0.122. The van der Waals surface area contributed by atoms with Crippen LogP contribution in [0.15, 0.2) is 18.3 Å². The number of anilines is 1. The Labute approximate surface area is 106 Å². The summed E-state index contributed by atoms with van der Waals surface area (Å²) >= 11 is 5.76. The third-order valence-corrected chi connectivity index (χ3v) is 3.39. The van der Waals surface area contributed by atoms with E-state index in [4.69, 9.17) is 17.3 Å². The second-order valence-corrected chi connectivity index (χ2v) is 4.93. The van der Waals surface area contributed by atoms with E-state index < -0.39 is 5.54 Å². The van der Waals surface area contributed by atoms with Crippen LogP contribution in [0.4, 0.5) is 5.69 Å². The molecule has 1 saturated carbocycles. The molecule has 92 valence electrons. The Morgan fingerprint density at radius 2 is 2.12 bits per heavy atom. The van der Waals surface area contributed by atoms with Crippen molar-refractivity contribution in [1.82, 2.24) is 4.98 Å². The van der Waals surface area contributed by atoms with E-state index in [1.54, 1.807) is 18.3 Å². The second kappa shape index (κ2) is 5.02. The third kappa shape index (κ3) is 2.96. The van der Waals surface area contributed by atoms with Crippen molar-refractivity contribution in [3.8, 4) is 0 Å². The Morgan fingerprint density at radius 1 is 1.41 bits per heavy atom. The molecule has 1 aromatic heterocycles. The summed E-state index contributed by atoms with van der Waals surface area (Å²) in [5, 5.41) is 3.16. The molecule has 0 unspecified atom stereocenters. The summed E-state index contributed by atoms with van der Waals surface area (Å²) < 4.78 is 0. The fraction of sp³-hybridized carbons (Fsp3) is 0.500. The van der Waals surface area contributed by atoms with Gasteiger partial charge in [-0.15, -0.1) is 0 Å². The van der Waals surface area contributed by atoms with E-state index in [9.17, 15) is 4.79 Å². The zero-order valence-corrected chi connectivity index (χ0v) is 10.3. The van der Waals surface area contributed by atoms with Gasteiger partial charge in [-0.25, -0.2) is 4.98 Å². The Morgan fingerprint density at radius 3 is 2.76 bits per heavy atom. The summed E-state index contributed by atoms with van der Waals surface area (Å²) in [6, 6.07) is 3.32. The number of amides is 1. The van der Waals surface area contributed by atoms with E-state index in [1.165, 1.54) is 0 Å². The number of carbonyl (C=O) groups is 1. The van der Waals surface area contributed by atoms with Crippen LogP contribution in [0.25, 0.3) is 0 Å². The Balaban J connectivity index is 2.05. The summed E-state index contributed by atoms with van der Waals surface area (Å²) in [6.07, 6.45) is 6.24. The smallest absolute Gasteiger partial charge is 0.244 e. The SMILES string of the molecule is NC1(C(=O)Nc2ccnc(Cl)c2)CCCCC1. The minimum absolute atomic E-state index is 0.125. The number of nitrogens with zero attached hydrogens (tertiary/aromatic N) is 1. The first-order valence-electron chi connectivity index (χ1n) is 5.82. The molecule has 0 aliphatic heterocycles. The van der Waals surface area contributed by atoms with Crippen molar-refractivity contribution < 1.29 is 4.79 Å². The van der Waals surface area contributed by atoms with Crippen molar-refractivity contribution in [3.63, 3.8) is 0 Å². The zero-order chi connectivity index (χ0) is 12.3. The topological polar surface area (TPSA) is 68.0 Å². The summed E-state index contributed by atoms with van der Waals surface area (Å²) in [5.74, 6) is -0.125. The standard InChI is InChI=1S/C12H16ClN3O/c13-10-8-9(4-7-15-10)16-11(17)12(14)5-2-1-3-6-12/h4,7-8H,1-3,5-6,14H2,(H,15,16,17). The van der Waals surface area contributed by atoms with Crippen molar-refractivity contribution in [3.05, 3.63) is 23.5 Å². The van der Waals surface area contributed by atoms with Gasteiger partial charge in [-0.2, -0.15) is 0 Å². The van der Waals surface area contributed by atoms with Gasteiger partial charge in [-0.3, -0.25) is 4.79 Å². The molecular formula is C12H16ClN3O. The van der Waals surface area contributed by atoms with Crippen LogP contribution < -0.4 is 11.1 Å².